The number of para-hydroxylation sites is 1. The van der Waals surface area contributed by atoms with E-state index < -0.39 is 95.4 Å². The molecule has 0 spiro atoms. The number of phenolic OH excluding ortho intramolecular Hbond substituents is 1. The van der Waals surface area contributed by atoms with Crippen molar-refractivity contribution in [3.8, 4) is 5.75 Å². The Morgan fingerprint density at radius 3 is 2.37 bits per heavy atom. The van der Waals surface area contributed by atoms with Crippen molar-refractivity contribution in [2.24, 2.45) is 11.8 Å². The van der Waals surface area contributed by atoms with Crippen LogP contribution in [0.4, 0.5) is 13.2 Å². The van der Waals surface area contributed by atoms with E-state index in [-0.39, 0.29) is 30.2 Å². The number of hydrogen-bond donors (Lipinski definition) is 5. The third-order valence-electron chi connectivity index (χ3n) is 7.57. The Kier molecular flexibility index (Phi) is 9.55. The standard InChI is InChI=1S/C28H31F3N4O8/c1-11-22(37)17(8-16-12(2)32-24(31)20(30)19(16)29)34-26(39)21(35-25(38)15-6-4-5-7-18(15)36)13(3)33-27(40)23(43-28(11)41)14-9-42-10-14/h4-7,11,13-14,17,21-23,36-37H,8-10H2,1-3H3,(H,33,40)(H,34,39)(H,35,38). The molecular weight excluding hydrogens is 577 g/mol. The van der Waals surface area contributed by atoms with Crippen LogP contribution in [0.5, 0.6) is 5.75 Å². The molecule has 2 fully saturated rings. The first-order chi connectivity index (χ1) is 20.3. The van der Waals surface area contributed by atoms with Crippen molar-refractivity contribution < 1.29 is 52.0 Å². The van der Waals surface area contributed by atoms with Crippen molar-refractivity contribution in [1.29, 1.82) is 0 Å². The van der Waals surface area contributed by atoms with Crippen LogP contribution < -0.4 is 16.0 Å². The molecule has 4 rings (SSSR count). The number of ether oxygens (including phenoxy) is 2. The average molecular weight is 609 g/mol. The summed E-state index contributed by atoms with van der Waals surface area (Å²) in [5, 5.41) is 28.8. The number of aromatic nitrogens is 1. The summed E-state index contributed by atoms with van der Waals surface area (Å²) < 4.78 is 53.2. The summed E-state index contributed by atoms with van der Waals surface area (Å²) in [6.07, 6.45) is -3.81. The van der Waals surface area contributed by atoms with Crippen LogP contribution in [0.1, 0.15) is 35.5 Å². The van der Waals surface area contributed by atoms with Crippen molar-refractivity contribution >= 4 is 23.7 Å². The van der Waals surface area contributed by atoms with Gasteiger partial charge in [0, 0.05) is 11.3 Å². The van der Waals surface area contributed by atoms with Crippen molar-refractivity contribution in [3.63, 3.8) is 0 Å². The fourth-order valence-electron chi connectivity index (χ4n) is 4.84. The lowest BCUT2D eigenvalue weighted by atomic mass is 9.91. The maximum absolute atomic E-state index is 14.8. The van der Waals surface area contributed by atoms with E-state index in [2.05, 4.69) is 20.9 Å². The lowest BCUT2D eigenvalue weighted by Gasteiger charge is -2.37. The van der Waals surface area contributed by atoms with Gasteiger partial charge in [-0.25, -0.2) is 9.37 Å². The predicted molar refractivity (Wildman–Crippen MR) is 141 cm³/mol. The first kappa shape index (κ1) is 31.7. The Morgan fingerprint density at radius 2 is 1.74 bits per heavy atom. The Hall–Kier alpha value is -4.24. The van der Waals surface area contributed by atoms with Crippen LogP contribution >= 0.6 is 0 Å². The minimum atomic E-state index is -1.86. The van der Waals surface area contributed by atoms with Gasteiger partial charge in [-0.05, 0) is 39.3 Å². The van der Waals surface area contributed by atoms with E-state index in [1.165, 1.54) is 45.0 Å². The van der Waals surface area contributed by atoms with E-state index in [0.29, 0.717) is 0 Å². The molecule has 0 bridgehead atoms. The summed E-state index contributed by atoms with van der Waals surface area (Å²) in [7, 11) is 0. The Balaban J connectivity index is 1.73. The fourth-order valence-corrected chi connectivity index (χ4v) is 4.84. The Morgan fingerprint density at radius 1 is 1.07 bits per heavy atom. The van der Waals surface area contributed by atoms with E-state index in [4.69, 9.17) is 9.47 Å². The number of benzene rings is 1. The van der Waals surface area contributed by atoms with Gasteiger partial charge in [-0.1, -0.05) is 12.1 Å². The van der Waals surface area contributed by atoms with E-state index in [9.17, 15) is 42.6 Å². The minimum absolute atomic E-state index is 0.0922. The van der Waals surface area contributed by atoms with E-state index in [1.54, 1.807) is 0 Å². The molecule has 2 aromatic rings. The molecule has 232 valence electrons. The van der Waals surface area contributed by atoms with E-state index in [1.807, 2.05) is 0 Å². The molecule has 6 unspecified atom stereocenters. The number of amides is 3. The lowest BCUT2D eigenvalue weighted by molar-refractivity contribution is -0.178. The molecule has 3 heterocycles. The van der Waals surface area contributed by atoms with Gasteiger partial charge in [0.2, 0.25) is 11.7 Å². The number of carbonyl (C=O) groups excluding carboxylic acids is 4. The summed E-state index contributed by atoms with van der Waals surface area (Å²) >= 11 is 0. The summed E-state index contributed by atoms with van der Waals surface area (Å²) in [6.45, 7) is 4.01. The zero-order valence-electron chi connectivity index (χ0n) is 23.4. The second kappa shape index (κ2) is 13.0. The maximum Gasteiger partial charge on any atom is 0.312 e. The highest BCUT2D eigenvalue weighted by molar-refractivity contribution is 6.00. The molecular formula is C28H31F3N4O8. The maximum atomic E-state index is 14.8. The molecule has 1 aromatic heterocycles. The molecule has 5 N–H and O–H groups in total. The van der Waals surface area contributed by atoms with Gasteiger partial charge in [-0.2, -0.15) is 8.78 Å². The van der Waals surface area contributed by atoms with Gasteiger partial charge in [-0.15, -0.1) is 0 Å². The number of phenols is 1. The number of esters is 1. The second-order valence-corrected chi connectivity index (χ2v) is 10.6. The normalized spacial score (nSPS) is 27.1. The molecule has 0 radical (unpaired) electrons. The van der Waals surface area contributed by atoms with Crippen molar-refractivity contribution in [3.05, 3.63) is 58.7 Å². The number of pyridine rings is 1. The molecule has 2 saturated heterocycles. The van der Waals surface area contributed by atoms with Crippen molar-refractivity contribution in [1.82, 2.24) is 20.9 Å². The van der Waals surface area contributed by atoms with E-state index in [0.717, 1.165) is 0 Å². The molecule has 2 aliphatic heterocycles. The fraction of sp³-hybridized carbons (Fsp3) is 0.464. The average Bonchev–Trinajstić information content (AvgIpc) is 2.93. The predicted octanol–water partition coefficient (Wildman–Crippen LogP) is 0.412. The van der Waals surface area contributed by atoms with Crippen LogP contribution in [0.3, 0.4) is 0 Å². The second-order valence-electron chi connectivity index (χ2n) is 10.6. The number of aromatic hydroxyl groups is 1. The third-order valence-corrected chi connectivity index (χ3v) is 7.57. The molecule has 2 aliphatic rings. The Labute approximate surface area is 244 Å². The Bertz CT molecular complexity index is 1420. The van der Waals surface area contributed by atoms with Gasteiger partial charge in [0.1, 0.15) is 11.8 Å². The van der Waals surface area contributed by atoms with Crippen LogP contribution in [0.15, 0.2) is 24.3 Å². The first-order valence-corrected chi connectivity index (χ1v) is 13.5. The van der Waals surface area contributed by atoms with Gasteiger partial charge in [0.05, 0.1) is 48.8 Å². The summed E-state index contributed by atoms with van der Waals surface area (Å²) in [6, 6.07) is 1.26. The lowest BCUT2D eigenvalue weighted by Crippen LogP contribution is -2.63. The first-order valence-electron chi connectivity index (χ1n) is 13.5. The van der Waals surface area contributed by atoms with Crippen LogP contribution in [0.25, 0.3) is 0 Å². The quantitative estimate of drug-likeness (QED) is 0.238. The molecule has 1 aromatic carbocycles. The third kappa shape index (κ3) is 6.72. The number of rotatable bonds is 5. The van der Waals surface area contributed by atoms with Crippen LogP contribution in [-0.4, -0.2) is 82.4 Å². The number of aryl methyl sites for hydroxylation is 1. The number of cyclic esters (lactones) is 1. The van der Waals surface area contributed by atoms with Gasteiger partial charge >= 0.3 is 5.97 Å². The molecule has 12 nitrogen and oxygen atoms in total. The molecule has 3 amide bonds. The molecule has 6 atom stereocenters. The number of nitrogens with one attached hydrogen (secondary N) is 3. The number of aliphatic hydroxyl groups is 1. The monoisotopic (exact) mass is 608 g/mol. The summed E-state index contributed by atoms with van der Waals surface area (Å²) in [4.78, 5) is 56.3. The SMILES string of the molecule is Cc1nc(F)c(F)c(F)c1CC1NC(=O)C(NC(=O)c2ccccc2O)C(C)NC(=O)C(C2COC2)OC(=O)C(C)C1O. The highest BCUT2D eigenvalue weighted by atomic mass is 19.2. The number of hydrogen-bond acceptors (Lipinski definition) is 9. The number of carbonyl (C=O) groups is 4. The molecule has 15 heteroatoms. The number of aliphatic hydroxyl groups excluding tert-OH is 1. The largest absolute Gasteiger partial charge is 0.507 e. The highest BCUT2D eigenvalue weighted by Gasteiger charge is 2.43. The summed E-state index contributed by atoms with van der Waals surface area (Å²) in [5.74, 6) is -11.1. The van der Waals surface area contributed by atoms with Crippen LogP contribution in [-0.2, 0) is 30.3 Å². The highest BCUT2D eigenvalue weighted by Crippen LogP contribution is 2.25. The topological polar surface area (TPSA) is 176 Å². The zero-order valence-corrected chi connectivity index (χ0v) is 23.4. The minimum Gasteiger partial charge on any atom is -0.507 e. The van der Waals surface area contributed by atoms with Crippen LogP contribution in [0, 0.1) is 36.3 Å². The zero-order chi connectivity index (χ0) is 31.6. The number of nitrogens with zero attached hydrogens (tertiary/aromatic N) is 1. The molecule has 0 aliphatic carbocycles. The van der Waals surface area contributed by atoms with Gasteiger partial charge in [-0.3, -0.25) is 19.2 Å². The van der Waals surface area contributed by atoms with Gasteiger partial charge in [0.25, 0.3) is 17.8 Å². The van der Waals surface area contributed by atoms with Gasteiger partial charge < -0.3 is 35.6 Å². The number of halogens is 3. The molecule has 43 heavy (non-hydrogen) atoms. The van der Waals surface area contributed by atoms with Crippen molar-refractivity contribution in [2.45, 2.75) is 57.5 Å². The van der Waals surface area contributed by atoms with Crippen LogP contribution in [0.2, 0.25) is 0 Å². The van der Waals surface area contributed by atoms with E-state index >= 15 is 0 Å². The smallest absolute Gasteiger partial charge is 0.312 e. The summed E-state index contributed by atoms with van der Waals surface area (Å²) in [5.41, 5.74) is -0.931. The van der Waals surface area contributed by atoms with Crippen molar-refractivity contribution in [2.75, 3.05) is 13.2 Å². The van der Waals surface area contributed by atoms with Gasteiger partial charge in [0.15, 0.2) is 11.9 Å². The molecule has 0 saturated carbocycles.